The van der Waals surface area contributed by atoms with E-state index in [1.807, 2.05) is 13.8 Å². The number of nitrogens with two attached hydrogens (primary N) is 1. The number of oxime groups is 1. The minimum absolute atomic E-state index is 0.0111. The topological polar surface area (TPSA) is 56.8 Å². The maximum atomic E-state index is 5.67. The van der Waals surface area contributed by atoms with Gasteiger partial charge in [-0.2, -0.15) is 0 Å². The van der Waals surface area contributed by atoms with Gasteiger partial charge in [-0.15, -0.1) is 6.42 Å². The standard InChI is InChI=1S/C11H18N2O2/c1-5-7-14-8-9(3)11(12)13-15-10(4)6-2/h1,6,9H,7-8H2,2-4H3,(H2,12,13). The van der Waals surface area contributed by atoms with Gasteiger partial charge in [-0.05, 0) is 19.9 Å². The lowest BCUT2D eigenvalue weighted by atomic mass is 10.2. The van der Waals surface area contributed by atoms with Gasteiger partial charge >= 0.3 is 0 Å². The van der Waals surface area contributed by atoms with E-state index in [9.17, 15) is 0 Å². The van der Waals surface area contributed by atoms with Crippen LogP contribution in [0.15, 0.2) is 17.0 Å². The largest absolute Gasteiger partial charge is 0.384 e. The summed E-state index contributed by atoms with van der Waals surface area (Å²) in [6.07, 6.45) is 6.84. The third-order valence-corrected chi connectivity index (χ3v) is 1.76. The van der Waals surface area contributed by atoms with Gasteiger partial charge < -0.3 is 15.3 Å². The molecule has 0 saturated carbocycles. The molecule has 4 nitrogen and oxygen atoms in total. The Hall–Kier alpha value is -1.47. The average molecular weight is 210 g/mol. The molecule has 0 spiro atoms. The van der Waals surface area contributed by atoms with Crippen molar-refractivity contribution in [2.75, 3.05) is 13.2 Å². The molecule has 0 bridgehead atoms. The summed E-state index contributed by atoms with van der Waals surface area (Å²) in [5, 5.41) is 3.77. The predicted molar refractivity (Wildman–Crippen MR) is 61.0 cm³/mol. The lowest BCUT2D eigenvalue weighted by Crippen LogP contribution is -2.25. The van der Waals surface area contributed by atoms with E-state index >= 15 is 0 Å². The Morgan fingerprint density at radius 3 is 2.87 bits per heavy atom. The van der Waals surface area contributed by atoms with Crippen LogP contribution in [0.3, 0.4) is 0 Å². The van der Waals surface area contributed by atoms with Crippen molar-refractivity contribution in [1.82, 2.24) is 0 Å². The highest BCUT2D eigenvalue weighted by atomic mass is 16.6. The van der Waals surface area contributed by atoms with Gasteiger partial charge in [0.25, 0.3) is 0 Å². The SMILES string of the molecule is C#CCOCC(C)C(N)=NOC(C)=CC. The predicted octanol–water partition coefficient (Wildman–Crippen LogP) is 1.48. The second kappa shape index (κ2) is 7.89. The molecule has 0 aromatic rings. The van der Waals surface area contributed by atoms with E-state index in [0.29, 0.717) is 18.2 Å². The van der Waals surface area contributed by atoms with Crippen LogP contribution in [0.1, 0.15) is 20.8 Å². The molecule has 2 N–H and O–H groups in total. The molecule has 0 aromatic heterocycles. The highest BCUT2D eigenvalue weighted by Gasteiger charge is 2.07. The maximum Gasteiger partial charge on any atom is 0.145 e. The van der Waals surface area contributed by atoms with Crippen LogP contribution in [-0.4, -0.2) is 19.0 Å². The van der Waals surface area contributed by atoms with Crippen LogP contribution in [0, 0.1) is 18.3 Å². The highest BCUT2D eigenvalue weighted by molar-refractivity contribution is 5.82. The second-order valence-electron chi connectivity index (χ2n) is 3.13. The Kier molecular flexibility index (Phi) is 7.12. The summed E-state index contributed by atoms with van der Waals surface area (Å²) >= 11 is 0. The number of terminal acetylenes is 1. The maximum absolute atomic E-state index is 5.67. The van der Waals surface area contributed by atoms with Crippen molar-refractivity contribution in [3.05, 3.63) is 11.8 Å². The van der Waals surface area contributed by atoms with Crippen LogP contribution in [-0.2, 0) is 9.57 Å². The van der Waals surface area contributed by atoms with Gasteiger partial charge in [0.05, 0.1) is 6.61 Å². The first-order valence-electron chi connectivity index (χ1n) is 4.76. The molecule has 84 valence electrons. The van der Waals surface area contributed by atoms with Crippen molar-refractivity contribution in [1.29, 1.82) is 0 Å². The first-order chi connectivity index (χ1) is 7.11. The zero-order chi connectivity index (χ0) is 11.7. The lowest BCUT2D eigenvalue weighted by molar-refractivity contribution is 0.149. The quantitative estimate of drug-likeness (QED) is 0.180. The summed E-state index contributed by atoms with van der Waals surface area (Å²) in [5.74, 6) is 3.47. The Morgan fingerprint density at radius 2 is 2.33 bits per heavy atom. The normalized spacial score (nSPS) is 14.5. The number of allylic oxidation sites excluding steroid dienone is 2. The molecule has 0 aliphatic carbocycles. The van der Waals surface area contributed by atoms with E-state index in [2.05, 4.69) is 11.1 Å². The van der Waals surface area contributed by atoms with Crippen LogP contribution >= 0.6 is 0 Å². The van der Waals surface area contributed by atoms with Gasteiger partial charge in [-0.1, -0.05) is 18.0 Å². The number of rotatable bonds is 6. The third kappa shape index (κ3) is 6.58. The van der Waals surface area contributed by atoms with Crippen LogP contribution in [0.4, 0.5) is 0 Å². The van der Waals surface area contributed by atoms with E-state index in [1.54, 1.807) is 13.0 Å². The van der Waals surface area contributed by atoms with Gasteiger partial charge in [0.15, 0.2) is 0 Å². The smallest absolute Gasteiger partial charge is 0.145 e. The summed E-state index contributed by atoms with van der Waals surface area (Å²) in [4.78, 5) is 5.01. The van der Waals surface area contributed by atoms with Gasteiger partial charge in [-0.3, -0.25) is 0 Å². The molecule has 0 rings (SSSR count). The molecule has 0 fully saturated rings. The lowest BCUT2D eigenvalue weighted by Gasteiger charge is -2.09. The second-order valence-corrected chi connectivity index (χ2v) is 3.13. The van der Waals surface area contributed by atoms with Gasteiger partial charge in [0.1, 0.15) is 18.2 Å². The molecule has 0 aliphatic heterocycles. The van der Waals surface area contributed by atoms with Crippen molar-refractivity contribution in [3.63, 3.8) is 0 Å². The van der Waals surface area contributed by atoms with Crippen molar-refractivity contribution in [3.8, 4) is 12.3 Å². The molecule has 4 heteroatoms. The minimum atomic E-state index is -0.0111. The van der Waals surface area contributed by atoms with Crippen LogP contribution in [0.2, 0.25) is 0 Å². The average Bonchev–Trinajstić information content (AvgIpc) is 2.25. The van der Waals surface area contributed by atoms with Crippen molar-refractivity contribution in [2.24, 2.45) is 16.8 Å². The van der Waals surface area contributed by atoms with Crippen LogP contribution in [0.5, 0.6) is 0 Å². The summed E-state index contributed by atoms with van der Waals surface area (Å²) in [6.45, 7) is 6.28. The van der Waals surface area contributed by atoms with Crippen molar-refractivity contribution < 1.29 is 9.57 Å². The Balaban J connectivity index is 3.97. The Bertz CT molecular complexity index is 277. The molecule has 0 saturated heterocycles. The molecule has 0 amide bonds. The summed E-state index contributed by atoms with van der Waals surface area (Å²) < 4.78 is 5.13. The molecule has 1 unspecified atom stereocenters. The van der Waals surface area contributed by atoms with E-state index in [4.69, 9.17) is 21.7 Å². The number of ether oxygens (including phenoxy) is 1. The third-order valence-electron chi connectivity index (χ3n) is 1.76. The Labute approximate surface area is 91.1 Å². The monoisotopic (exact) mass is 210 g/mol. The first kappa shape index (κ1) is 13.5. The molecule has 0 radical (unpaired) electrons. The number of nitrogens with zero attached hydrogens (tertiary/aromatic N) is 1. The van der Waals surface area contributed by atoms with E-state index in [1.165, 1.54) is 0 Å². The minimum Gasteiger partial charge on any atom is -0.384 e. The summed E-state index contributed by atoms with van der Waals surface area (Å²) in [5.41, 5.74) is 5.67. The number of amidine groups is 1. The van der Waals surface area contributed by atoms with Gasteiger partial charge in [0, 0.05) is 5.92 Å². The fourth-order valence-corrected chi connectivity index (χ4v) is 0.647. The zero-order valence-electron chi connectivity index (χ0n) is 9.49. The number of hydrogen-bond acceptors (Lipinski definition) is 3. The highest BCUT2D eigenvalue weighted by Crippen LogP contribution is 2.00. The molecule has 1 atom stereocenters. The van der Waals surface area contributed by atoms with Gasteiger partial charge in [0.2, 0.25) is 0 Å². The van der Waals surface area contributed by atoms with Crippen LogP contribution in [0.25, 0.3) is 0 Å². The Morgan fingerprint density at radius 1 is 1.67 bits per heavy atom. The van der Waals surface area contributed by atoms with E-state index < -0.39 is 0 Å². The van der Waals surface area contributed by atoms with E-state index in [-0.39, 0.29) is 12.5 Å². The molecule has 0 aliphatic rings. The summed E-state index contributed by atoms with van der Waals surface area (Å²) in [7, 11) is 0. The molecular weight excluding hydrogens is 192 g/mol. The first-order valence-corrected chi connectivity index (χ1v) is 4.76. The van der Waals surface area contributed by atoms with Crippen molar-refractivity contribution in [2.45, 2.75) is 20.8 Å². The zero-order valence-corrected chi connectivity index (χ0v) is 9.49. The molecule has 15 heavy (non-hydrogen) atoms. The molecule has 0 heterocycles. The molecular formula is C11H18N2O2. The fraction of sp³-hybridized carbons (Fsp3) is 0.545. The fourth-order valence-electron chi connectivity index (χ4n) is 0.647. The molecule has 0 aromatic carbocycles. The summed E-state index contributed by atoms with van der Waals surface area (Å²) in [6, 6.07) is 0. The van der Waals surface area contributed by atoms with E-state index in [0.717, 1.165) is 0 Å². The number of hydrogen-bond donors (Lipinski definition) is 1. The van der Waals surface area contributed by atoms with Crippen LogP contribution < -0.4 is 5.73 Å². The van der Waals surface area contributed by atoms with Crippen molar-refractivity contribution >= 4 is 5.84 Å². The van der Waals surface area contributed by atoms with Gasteiger partial charge in [-0.25, -0.2) is 0 Å².